The Morgan fingerprint density at radius 1 is 0.892 bits per heavy atom. The number of ketones is 1. The lowest BCUT2D eigenvalue weighted by Crippen LogP contribution is -2.17. The average Bonchev–Trinajstić information content (AvgIpc) is 3.19. The van der Waals surface area contributed by atoms with Gasteiger partial charge in [-0.1, -0.05) is 58.0 Å². The second-order valence-electron chi connectivity index (χ2n) is 8.46. The van der Waals surface area contributed by atoms with Crippen molar-refractivity contribution in [2.75, 3.05) is 5.32 Å². The molecule has 0 aliphatic heterocycles. The molecule has 190 valence electrons. The van der Waals surface area contributed by atoms with E-state index < -0.39 is 22.1 Å². The van der Waals surface area contributed by atoms with Crippen LogP contribution in [-0.2, 0) is 11.2 Å². The number of carbonyl (C=O) groups is 2. The van der Waals surface area contributed by atoms with Crippen LogP contribution >= 0.6 is 92.5 Å². The van der Waals surface area contributed by atoms with Crippen molar-refractivity contribution < 1.29 is 9.59 Å². The fourth-order valence-corrected chi connectivity index (χ4v) is 7.11. The molecule has 4 nitrogen and oxygen atoms in total. The highest BCUT2D eigenvalue weighted by Gasteiger charge is 2.67. The summed E-state index contributed by atoms with van der Waals surface area (Å²) in [5.41, 5.74) is 1.93. The Labute approximate surface area is 250 Å². The van der Waals surface area contributed by atoms with Gasteiger partial charge in [0, 0.05) is 27.2 Å². The van der Waals surface area contributed by atoms with Gasteiger partial charge < -0.3 is 5.32 Å². The van der Waals surface area contributed by atoms with E-state index in [1.165, 1.54) is 23.5 Å². The fourth-order valence-electron chi connectivity index (χ4n) is 4.14. The third kappa shape index (κ3) is 5.57. The molecule has 5 rings (SSSR count). The lowest BCUT2D eigenvalue weighted by Gasteiger charge is -2.09. The highest BCUT2D eigenvalue weighted by Crippen LogP contribution is 2.65. The summed E-state index contributed by atoms with van der Waals surface area (Å²) >= 11 is 44.9. The molecular weight excluding hydrogens is 641 g/mol. The number of halogens is 7. The maximum absolute atomic E-state index is 13.1. The van der Waals surface area contributed by atoms with Crippen molar-refractivity contribution in [1.29, 1.82) is 0 Å². The number of nitrogens with zero attached hydrogens (tertiary/aromatic N) is 1. The van der Waals surface area contributed by atoms with Gasteiger partial charge in [0.25, 0.3) is 0 Å². The first-order valence-electron chi connectivity index (χ1n) is 10.7. The lowest BCUT2D eigenvalue weighted by atomic mass is 10.1. The van der Waals surface area contributed by atoms with Crippen molar-refractivity contribution >= 4 is 120 Å². The molecule has 1 N–H and O–H groups in total. The molecule has 3 aromatic carbocycles. The number of amides is 1. The molecule has 1 fully saturated rings. The number of fused-ring (bicyclic) bond motifs is 1. The van der Waals surface area contributed by atoms with E-state index in [-0.39, 0.29) is 22.8 Å². The molecule has 0 saturated heterocycles. The van der Waals surface area contributed by atoms with Gasteiger partial charge in [0.15, 0.2) is 5.78 Å². The van der Waals surface area contributed by atoms with Crippen molar-refractivity contribution in [3.8, 4) is 0 Å². The first-order valence-corrected chi connectivity index (χ1v) is 14.1. The Kier molecular flexibility index (Phi) is 7.64. The van der Waals surface area contributed by atoms with Crippen molar-refractivity contribution in [3.63, 3.8) is 0 Å². The minimum Gasteiger partial charge on any atom is -0.326 e. The van der Waals surface area contributed by atoms with E-state index in [0.717, 1.165) is 4.70 Å². The molecule has 12 heteroatoms. The number of rotatable bonds is 6. The molecule has 0 bridgehead atoms. The highest BCUT2D eigenvalue weighted by atomic mass is 35.5. The minimum absolute atomic E-state index is 0.0123. The average molecular weight is 654 g/mol. The molecule has 1 aliphatic carbocycles. The SMILES string of the molecule is O=C(Cc1nc2cc(Cl)c(Cl)cc2s1)c1cc(NC(=O)C2C(c3cc(Cl)cc(Cl)c3)C2(Cl)Cl)ccc1Cl. The fraction of sp³-hybridized carbons (Fsp3) is 0.160. The molecule has 4 aromatic rings. The standard InChI is InChI=1S/C25H13Cl7N2O2S/c26-11-3-10(4-12(27)5-11)22-23(25(22,31)32)24(36)33-13-1-2-15(28)14(6-13)19(35)9-21-34-18-7-16(29)17(30)8-20(18)37-21/h1-8,22-23H,9H2,(H,33,36). The molecular formula is C25H13Cl7N2O2S. The monoisotopic (exact) mass is 650 g/mol. The summed E-state index contributed by atoms with van der Waals surface area (Å²) in [6.07, 6.45) is 0.0123. The number of hydrogen-bond donors (Lipinski definition) is 1. The zero-order valence-electron chi connectivity index (χ0n) is 18.3. The zero-order chi connectivity index (χ0) is 26.6. The second kappa shape index (κ2) is 10.4. The van der Waals surface area contributed by atoms with Crippen molar-refractivity contribution in [1.82, 2.24) is 4.98 Å². The Morgan fingerprint density at radius 2 is 1.57 bits per heavy atom. The van der Waals surface area contributed by atoms with Crippen molar-refractivity contribution in [2.45, 2.75) is 16.7 Å². The maximum atomic E-state index is 13.1. The number of anilines is 1. The smallest absolute Gasteiger partial charge is 0.231 e. The van der Waals surface area contributed by atoms with Gasteiger partial charge in [-0.05, 0) is 54.1 Å². The number of benzene rings is 3. The van der Waals surface area contributed by atoms with E-state index in [2.05, 4.69) is 10.3 Å². The summed E-state index contributed by atoms with van der Waals surface area (Å²) in [7, 11) is 0. The summed E-state index contributed by atoms with van der Waals surface area (Å²) in [6.45, 7) is 0. The maximum Gasteiger partial charge on any atom is 0.231 e. The number of alkyl halides is 2. The van der Waals surface area contributed by atoms with Gasteiger partial charge in [0.1, 0.15) is 9.34 Å². The molecule has 1 amide bonds. The molecule has 1 heterocycles. The van der Waals surface area contributed by atoms with Crippen molar-refractivity contribution in [2.24, 2.45) is 5.92 Å². The van der Waals surface area contributed by atoms with E-state index in [1.807, 2.05) is 0 Å². The van der Waals surface area contributed by atoms with E-state index in [4.69, 9.17) is 81.2 Å². The largest absolute Gasteiger partial charge is 0.326 e. The van der Waals surface area contributed by atoms with Gasteiger partial charge in [-0.15, -0.1) is 34.5 Å². The van der Waals surface area contributed by atoms with Gasteiger partial charge in [-0.3, -0.25) is 9.59 Å². The third-order valence-electron chi connectivity index (χ3n) is 5.90. The Balaban J connectivity index is 1.33. The number of thiazole rings is 1. The quantitative estimate of drug-likeness (QED) is 0.167. The summed E-state index contributed by atoms with van der Waals surface area (Å²) in [6, 6.07) is 12.9. The summed E-state index contributed by atoms with van der Waals surface area (Å²) in [5, 5.41) is 5.24. The third-order valence-corrected chi connectivity index (χ3v) is 9.35. The summed E-state index contributed by atoms with van der Waals surface area (Å²) in [5.74, 6) is -1.92. The molecule has 0 spiro atoms. The van der Waals surface area contributed by atoms with Crippen LogP contribution < -0.4 is 5.32 Å². The second-order valence-corrected chi connectivity index (χ2v) is 13.1. The first-order chi connectivity index (χ1) is 17.4. The van der Waals surface area contributed by atoms with E-state index >= 15 is 0 Å². The molecule has 2 unspecified atom stereocenters. The van der Waals surface area contributed by atoms with Gasteiger partial charge in [0.2, 0.25) is 5.91 Å². The number of nitrogens with one attached hydrogen (secondary N) is 1. The minimum atomic E-state index is -1.33. The van der Waals surface area contributed by atoms with Gasteiger partial charge in [-0.25, -0.2) is 4.98 Å². The molecule has 1 aliphatic rings. The number of hydrogen-bond acceptors (Lipinski definition) is 4. The number of Topliss-reactive ketones (excluding diaryl/α,β-unsaturated/α-hetero) is 1. The van der Waals surface area contributed by atoms with Crippen LogP contribution in [0.4, 0.5) is 5.69 Å². The van der Waals surface area contributed by atoms with Crippen LogP contribution in [-0.4, -0.2) is 21.0 Å². The normalized spacial score (nSPS) is 18.1. The highest BCUT2D eigenvalue weighted by molar-refractivity contribution is 7.18. The molecule has 0 radical (unpaired) electrons. The lowest BCUT2D eigenvalue weighted by molar-refractivity contribution is -0.117. The topological polar surface area (TPSA) is 59.1 Å². The van der Waals surface area contributed by atoms with Crippen LogP contribution in [0.15, 0.2) is 48.5 Å². The molecule has 2 atom stereocenters. The Morgan fingerprint density at radius 3 is 2.27 bits per heavy atom. The van der Waals surface area contributed by atoms with Crippen LogP contribution in [0.25, 0.3) is 10.2 Å². The molecule has 1 aromatic heterocycles. The Bertz CT molecular complexity index is 1530. The summed E-state index contributed by atoms with van der Waals surface area (Å²) < 4.78 is -0.517. The van der Waals surface area contributed by atoms with Crippen LogP contribution in [0.3, 0.4) is 0 Å². The number of carbonyl (C=O) groups excluding carboxylic acids is 2. The van der Waals surface area contributed by atoms with Crippen LogP contribution in [0, 0.1) is 5.92 Å². The van der Waals surface area contributed by atoms with Gasteiger partial charge in [0.05, 0.1) is 37.6 Å². The number of aromatic nitrogens is 1. The molecule has 1 saturated carbocycles. The molecule has 37 heavy (non-hydrogen) atoms. The van der Waals surface area contributed by atoms with Crippen LogP contribution in [0.2, 0.25) is 25.1 Å². The van der Waals surface area contributed by atoms with E-state index in [0.29, 0.717) is 41.9 Å². The van der Waals surface area contributed by atoms with Crippen molar-refractivity contribution in [3.05, 3.63) is 89.8 Å². The van der Waals surface area contributed by atoms with Crippen LogP contribution in [0.5, 0.6) is 0 Å². The van der Waals surface area contributed by atoms with Gasteiger partial charge >= 0.3 is 0 Å². The van der Waals surface area contributed by atoms with Crippen LogP contribution in [0.1, 0.15) is 26.8 Å². The zero-order valence-corrected chi connectivity index (χ0v) is 24.4. The predicted molar refractivity (Wildman–Crippen MR) is 155 cm³/mol. The van der Waals surface area contributed by atoms with E-state index in [9.17, 15) is 9.59 Å². The van der Waals surface area contributed by atoms with Gasteiger partial charge in [-0.2, -0.15) is 0 Å². The first kappa shape index (κ1) is 27.3. The Hall–Kier alpha value is -1.28. The van der Waals surface area contributed by atoms with E-state index in [1.54, 1.807) is 36.4 Å². The predicted octanol–water partition coefficient (Wildman–Crippen LogP) is 9.51. The summed E-state index contributed by atoms with van der Waals surface area (Å²) in [4.78, 5) is 30.6.